The third kappa shape index (κ3) is 9.26. The molecule has 1 saturated heterocycles. The Hall–Kier alpha value is -2.50. The zero-order valence-electron chi connectivity index (χ0n) is 25.6. The van der Waals surface area contributed by atoms with Gasteiger partial charge in [-0.25, -0.2) is 13.1 Å². The van der Waals surface area contributed by atoms with Crippen molar-refractivity contribution in [3.8, 4) is 0 Å². The molecular weight excluding hydrogens is 598 g/mol. The third-order valence-electron chi connectivity index (χ3n) is 9.42. The number of hydrogen-bond donors (Lipinski definition) is 3. The summed E-state index contributed by atoms with van der Waals surface area (Å²) < 4.78 is 26.6. The molecule has 1 saturated carbocycles. The Bertz CT molecular complexity index is 1370. The Labute approximate surface area is 267 Å². The standard InChI is InChI=1S/C33H46ClN5O4S/c1-44(42,43)36-23-29(19-24-7-3-2-4-8-24)38-15-17-39(18-16-38)33(41)31(20-25-11-13-28(34)14-12-25)37-32(40)30-21-26-9-5-6-10-27(26)22-35-30/h5-6,9-14,24,29-31,35-36H,2-4,7-8,15-23H2,1H3,(H,37,40)/t29?,30-,31-/m1/s1. The summed E-state index contributed by atoms with van der Waals surface area (Å²) in [6, 6.07) is 14.5. The molecule has 3 aliphatic rings. The average Bonchev–Trinajstić information content (AvgIpc) is 3.03. The van der Waals surface area contributed by atoms with Crippen LogP contribution in [-0.4, -0.2) is 87.1 Å². The minimum atomic E-state index is -3.30. The molecule has 2 heterocycles. The van der Waals surface area contributed by atoms with Crippen LogP contribution in [-0.2, 0) is 39.0 Å². The molecule has 9 nitrogen and oxygen atoms in total. The smallest absolute Gasteiger partial charge is 0.245 e. The number of benzene rings is 2. The van der Waals surface area contributed by atoms with Crippen LogP contribution in [0.4, 0.5) is 0 Å². The number of fused-ring (bicyclic) bond motifs is 1. The SMILES string of the molecule is CS(=O)(=O)NCC(CC1CCCCC1)N1CCN(C(=O)[C@@H](Cc2ccc(Cl)cc2)NC(=O)[C@H]2Cc3ccccc3CN2)CC1. The van der Waals surface area contributed by atoms with E-state index in [4.69, 9.17) is 11.6 Å². The van der Waals surface area contributed by atoms with Gasteiger partial charge in [-0.15, -0.1) is 0 Å². The van der Waals surface area contributed by atoms with E-state index in [0.29, 0.717) is 63.1 Å². The highest BCUT2D eigenvalue weighted by Gasteiger charge is 2.34. The largest absolute Gasteiger partial charge is 0.343 e. The van der Waals surface area contributed by atoms with E-state index in [1.807, 2.05) is 29.2 Å². The minimum Gasteiger partial charge on any atom is -0.343 e. The topological polar surface area (TPSA) is 111 Å². The van der Waals surface area contributed by atoms with Crippen molar-refractivity contribution in [3.05, 3.63) is 70.2 Å². The summed E-state index contributed by atoms with van der Waals surface area (Å²) in [4.78, 5) is 31.7. The van der Waals surface area contributed by atoms with Crippen LogP contribution in [0.3, 0.4) is 0 Å². The fraction of sp³-hybridized carbons (Fsp3) is 0.576. The highest BCUT2D eigenvalue weighted by atomic mass is 35.5. The van der Waals surface area contributed by atoms with Crippen LogP contribution in [0, 0.1) is 5.92 Å². The fourth-order valence-electron chi connectivity index (χ4n) is 6.91. The Morgan fingerprint density at radius 3 is 2.34 bits per heavy atom. The van der Waals surface area contributed by atoms with E-state index in [1.165, 1.54) is 43.9 Å². The first kappa shape index (κ1) is 32.9. The molecule has 1 unspecified atom stereocenters. The van der Waals surface area contributed by atoms with E-state index in [9.17, 15) is 18.0 Å². The van der Waals surface area contributed by atoms with Crippen LogP contribution >= 0.6 is 11.6 Å². The lowest BCUT2D eigenvalue weighted by atomic mass is 9.84. The van der Waals surface area contributed by atoms with Crippen molar-refractivity contribution in [2.24, 2.45) is 5.92 Å². The van der Waals surface area contributed by atoms with E-state index < -0.39 is 22.1 Å². The first-order valence-electron chi connectivity index (χ1n) is 16.0. The number of halogens is 1. The molecule has 3 N–H and O–H groups in total. The normalized spacial score (nSPS) is 21.3. The molecular formula is C33H46ClN5O4S. The van der Waals surface area contributed by atoms with Crippen LogP contribution in [0.15, 0.2) is 48.5 Å². The molecule has 0 aromatic heterocycles. The predicted molar refractivity (Wildman–Crippen MR) is 174 cm³/mol. The van der Waals surface area contributed by atoms with Gasteiger partial charge in [0.15, 0.2) is 0 Å². The van der Waals surface area contributed by atoms with Gasteiger partial charge in [-0.05, 0) is 47.6 Å². The number of carbonyl (C=O) groups is 2. The van der Waals surface area contributed by atoms with E-state index in [1.54, 1.807) is 12.1 Å². The third-order valence-corrected chi connectivity index (χ3v) is 10.4. The van der Waals surface area contributed by atoms with Gasteiger partial charge in [-0.3, -0.25) is 14.5 Å². The molecule has 0 spiro atoms. The highest BCUT2D eigenvalue weighted by molar-refractivity contribution is 7.88. The van der Waals surface area contributed by atoms with Crippen molar-refractivity contribution in [1.82, 2.24) is 25.2 Å². The highest BCUT2D eigenvalue weighted by Crippen LogP contribution is 2.29. The maximum Gasteiger partial charge on any atom is 0.245 e. The number of nitrogens with one attached hydrogen (secondary N) is 3. The Morgan fingerprint density at radius 2 is 1.66 bits per heavy atom. The number of nitrogens with zero attached hydrogens (tertiary/aromatic N) is 2. The second-order valence-corrected chi connectivity index (χ2v) is 14.9. The Balaban J connectivity index is 1.24. The van der Waals surface area contributed by atoms with Crippen molar-refractivity contribution in [2.45, 2.75) is 76.0 Å². The van der Waals surface area contributed by atoms with E-state index >= 15 is 0 Å². The van der Waals surface area contributed by atoms with Crippen LogP contribution in [0.2, 0.25) is 5.02 Å². The number of sulfonamides is 1. The molecule has 0 radical (unpaired) electrons. The molecule has 11 heteroatoms. The predicted octanol–water partition coefficient (Wildman–Crippen LogP) is 3.11. The number of carbonyl (C=O) groups excluding carboxylic acids is 2. The molecule has 2 fully saturated rings. The summed E-state index contributed by atoms with van der Waals surface area (Å²) in [5.41, 5.74) is 3.26. The maximum atomic E-state index is 14.0. The lowest BCUT2D eigenvalue weighted by Crippen LogP contribution is -2.59. The van der Waals surface area contributed by atoms with E-state index in [2.05, 4.69) is 32.4 Å². The molecule has 2 aliphatic heterocycles. The van der Waals surface area contributed by atoms with Crippen molar-refractivity contribution in [3.63, 3.8) is 0 Å². The summed E-state index contributed by atoms with van der Waals surface area (Å²) >= 11 is 6.11. The second-order valence-electron chi connectivity index (χ2n) is 12.7. The monoisotopic (exact) mass is 643 g/mol. The van der Waals surface area contributed by atoms with Gasteiger partial charge in [0.25, 0.3) is 0 Å². The molecule has 240 valence electrons. The quantitative estimate of drug-likeness (QED) is 0.347. The van der Waals surface area contributed by atoms with Crippen LogP contribution in [0.5, 0.6) is 0 Å². The van der Waals surface area contributed by atoms with Crippen molar-refractivity contribution in [1.29, 1.82) is 0 Å². The molecule has 0 bridgehead atoms. The van der Waals surface area contributed by atoms with E-state index in [0.717, 1.165) is 17.5 Å². The van der Waals surface area contributed by atoms with Gasteiger partial charge in [0, 0.05) is 56.8 Å². The van der Waals surface area contributed by atoms with Gasteiger partial charge in [-0.1, -0.05) is 80.1 Å². The van der Waals surface area contributed by atoms with Crippen molar-refractivity contribution in [2.75, 3.05) is 39.0 Å². The summed E-state index contributed by atoms with van der Waals surface area (Å²) in [5, 5.41) is 7.04. The lowest BCUT2D eigenvalue weighted by molar-refractivity contribution is -0.138. The Morgan fingerprint density at radius 1 is 0.977 bits per heavy atom. The summed E-state index contributed by atoms with van der Waals surface area (Å²) in [5.74, 6) is 0.334. The summed E-state index contributed by atoms with van der Waals surface area (Å²) in [7, 11) is -3.30. The number of hydrogen-bond acceptors (Lipinski definition) is 6. The first-order chi connectivity index (χ1) is 21.1. The zero-order valence-corrected chi connectivity index (χ0v) is 27.2. The lowest BCUT2D eigenvalue weighted by Gasteiger charge is -2.41. The molecule has 44 heavy (non-hydrogen) atoms. The summed E-state index contributed by atoms with van der Waals surface area (Å²) in [6.45, 7) is 3.38. The fourth-order valence-corrected chi connectivity index (χ4v) is 7.53. The van der Waals surface area contributed by atoms with Gasteiger partial charge >= 0.3 is 0 Å². The second kappa shape index (κ2) is 15.2. The van der Waals surface area contributed by atoms with Crippen LogP contribution < -0.4 is 15.4 Å². The maximum absolute atomic E-state index is 14.0. The zero-order chi connectivity index (χ0) is 31.1. The van der Waals surface area contributed by atoms with Gasteiger partial charge in [0.1, 0.15) is 6.04 Å². The summed E-state index contributed by atoms with van der Waals surface area (Å²) in [6.07, 6.45) is 9.26. The van der Waals surface area contributed by atoms with Crippen LogP contribution in [0.25, 0.3) is 0 Å². The van der Waals surface area contributed by atoms with Crippen molar-refractivity contribution < 1.29 is 18.0 Å². The molecule has 3 atom stereocenters. The first-order valence-corrected chi connectivity index (χ1v) is 18.2. The molecule has 2 amide bonds. The Kier molecular flexibility index (Phi) is 11.4. The average molecular weight is 644 g/mol. The number of amides is 2. The number of piperazine rings is 1. The molecule has 5 rings (SSSR count). The molecule has 2 aromatic carbocycles. The van der Waals surface area contributed by atoms with Crippen molar-refractivity contribution >= 4 is 33.4 Å². The molecule has 2 aromatic rings. The van der Waals surface area contributed by atoms with E-state index in [-0.39, 0.29) is 17.9 Å². The van der Waals surface area contributed by atoms with Gasteiger partial charge < -0.3 is 15.5 Å². The molecule has 1 aliphatic carbocycles. The van der Waals surface area contributed by atoms with Crippen LogP contribution in [0.1, 0.15) is 55.2 Å². The van der Waals surface area contributed by atoms with Gasteiger partial charge in [0.2, 0.25) is 21.8 Å². The number of rotatable bonds is 11. The van der Waals surface area contributed by atoms with Gasteiger partial charge in [-0.2, -0.15) is 0 Å². The van der Waals surface area contributed by atoms with Gasteiger partial charge in [0.05, 0.1) is 12.3 Å². The minimum absolute atomic E-state index is 0.0925.